The fourth-order valence-electron chi connectivity index (χ4n) is 2.24. The molecule has 0 aliphatic heterocycles. The van der Waals surface area contributed by atoms with Crippen LogP contribution in [0, 0.1) is 0 Å². The van der Waals surface area contributed by atoms with E-state index in [9.17, 15) is 4.79 Å². The summed E-state index contributed by atoms with van der Waals surface area (Å²) in [6.07, 6.45) is 2.14. The molecule has 0 unspecified atom stereocenters. The van der Waals surface area contributed by atoms with E-state index in [1.165, 1.54) is 0 Å². The second kappa shape index (κ2) is 7.32. The molecule has 0 spiro atoms. The Balaban J connectivity index is 1.64. The summed E-state index contributed by atoms with van der Waals surface area (Å²) >= 11 is 5.98. The van der Waals surface area contributed by atoms with Crippen LogP contribution in [0.5, 0.6) is 5.75 Å². The lowest BCUT2D eigenvalue weighted by molar-refractivity contribution is 0.0988. The standard InChI is InChI=1S/C19H16ClNO3/c1-2-17(22)13-6-8-16(9-7-13)23-12-19-21-11-18(24-19)14-4-3-5-15(20)10-14/h3-11H,2,12H2,1H3. The molecule has 4 nitrogen and oxygen atoms in total. The minimum atomic E-state index is 0.111. The Labute approximate surface area is 145 Å². The topological polar surface area (TPSA) is 52.3 Å². The molecule has 0 aliphatic rings. The molecule has 0 fully saturated rings. The van der Waals surface area contributed by atoms with Crippen LogP contribution >= 0.6 is 11.6 Å². The molecule has 0 N–H and O–H groups in total. The van der Waals surface area contributed by atoms with Crippen LogP contribution in [0.15, 0.2) is 59.1 Å². The molecule has 5 heteroatoms. The predicted molar refractivity (Wildman–Crippen MR) is 92.3 cm³/mol. The zero-order valence-electron chi connectivity index (χ0n) is 13.2. The molecule has 0 saturated heterocycles. The van der Waals surface area contributed by atoms with Crippen LogP contribution in [-0.4, -0.2) is 10.8 Å². The molecule has 0 aliphatic carbocycles. The maximum Gasteiger partial charge on any atom is 0.232 e. The first-order valence-electron chi connectivity index (χ1n) is 7.62. The average Bonchev–Trinajstić information content (AvgIpc) is 3.09. The number of Topliss-reactive ketones (excluding diaryl/α,β-unsaturated/α-hetero) is 1. The van der Waals surface area contributed by atoms with Crippen LogP contribution in [0.2, 0.25) is 5.02 Å². The van der Waals surface area contributed by atoms with Crippen molar-refractivity contribution in [3.8, 4) is 17.1 Å². The van der Waals surface area contributed by atoms with E-state index in [0.717, 1.165) is 5.56 Å². The summed E-state index contributed by atoms with van der Waals surface area (Å²) in [5, 5.41) is 0.642. The van der Waals surface area contributed by atoms with Gasteiger partial charge in [0, 0.05) is 22.6 Å². The molecule has 3 aromatic rings. The molecule has 0 atom stereocenters. The Hall–Kier alpha value is -2.59. The molecule has 2 aromatic carbocycles. The van der Waals surface area contributed by atoms with Crippen LogP contribution in [0.4, 0.5) is 0 Å². The Bertz CT molecular complexity index is 840. The lowest BCUT2D eigenvalue weighted by Gasteiger charge is -2.04. The van der Waals surface area contributed by atoms with Gasteiger partial charge in [0.2, 0.25) is 5.89 Å². The number of carbonyl (C=O) groups excluding carboxylic acids is 1. The first-order chi connectivity index (χ1) is 11.7. The van der Waals surface area contributed by atoms with Crippen LogP contribution in [0.1, 0.15) is 29.6 Å². The summed E-state index contributed by atoms with van der Waals surface area (Å²) in [5.41, 5.74) is 1.55. The monoisotopic (exact) mass is 341 g/mol. The molecular weight excluding hydrogens is 326 g/mol. The number of ketones is 1. The first-order valence-corrected chi connectivity index (χ1v) is 8.00. The summed E-state index contributed by atoms with van der Waals surface area (Å²) < 4.78 is 11.3. The number of benzene rings is 2. The number of nitrogens with zero attached hydrogens (tertiary/aromatic N) is 1. The molecule has 24 heavy (non-hydrogen) atoms. The van der Waals surface area contributed by atoms with Gasteiger partial charge in [-0.05, 0) is 36.4 Å². The van der Waals surface area contributed by atoms with Gasteiger partial charge >= 0.3 is 0 Å². The summed E-state index contributed by atoms with van der Waals surface area (Å²) in [6, 6.07) is 14.4. The SMILES string of the molecule is CCC(=O)c1ccc(OCc2ncc(-c3cccc(Cl)c3)o2)cc1. The largest absolute Gasteiger partial charge is 0.484 e. The minimum Gasteiger partial charge on any atom is -0.484 e. The van der Waals surface area contributed by atoms with E-state index in [2.05, 4.69) is 4.98 Å². The number of rotatable bonds is 6. The van der Waals surface area contributed by atoms with Crippen LogP contribution < -0.4 is 4.74 Å². The lowest BCUT2D eigenvalue weighted by atomic mass is 10.1. The fraction of sp³-hybridized carbons (Fsp3) is 0.158. The van der Waals surface area contributed by atoms with Gasteiger partial charge in [-0.3, -0.25) is 4.79 Å². The number of ether oxygens (including phenoxy) is 1. The number of aromatic nitrogens is 1. The lowest BCUT2D eigenvalue weighted by Crippen LogP contribution is -1.98. The minimum absolute atomic E-state index is 0.111. The molecule has 0 radical (unpaired) electrons. The molecule has 3 rings (SSSR count). The Morgan fingerprint density at radius 2 is 2.00 bits per heavy atom. The highest BCUT2D eigenvalue weighted by molar-refractivity contribution is 6.30. The highest BCUT2D eigenvalue weighted by Crippen LogP contribution is 2.24. The van der Waals surface area contributed by atoms with Crippen molar-refractivity contribution in [3.05, 3.63) is 71.2 Å². The number of oxazole rings is 1. The van der Waals surface area contributed by atoms with Crippen molar-refractivity contribution in [1.29, 1.82) is 0 Å². The van der Waals surface area contributed by atoms with E-state index < -0.39 is 0 Å². The van der Waals surface area contributed by atoms with Gasteiger partial charge in [-0.1, -0.05) is 30.7 Å². The first kappa shape index (κ1) is 16.3. The van der Waals surface area contributed by atoms with Crippen molar-refractivity contribution < 1.29 is 13.9 Å². The van der Waals surface area contributed by atoms with Crippen molar-refractivity contribution in [3.63, 3.8) is 0 Å². The van der Waals surface area contributed by atoms with E-state index in [0.29, 0.717) is 34.4 Å². The molecule has 0 amide bonds. The van der Waals surface area contributed by atoms with Gasteiger partial charge in [-0.2, -0.15) is 0 Å². The van der Waals surface area contributed by atoms with Crippen molar-refractivity contribution >= 4 is 17.4 Å². The van der Waals surface area contributed by atoms with Crippen molar-refractivity contribution in [2.75, 3.05) is 0 Å². The zero-order valence-corrected chi connectivity index (χ0v) is 13.9. The Morgan fingerprint density at radius 3 is 2.71 bits per heavy atom. The third-order valence-electron chi connectivity index (χ3n) is 3.52. The Morgan fingerprint density at radius 1 is 1.21 bits per heavy atom. The molecule has 122 valence electrons. The smallest absolute Gasteiger partial charge is 0.232 e. The number of hydrogen-bond donors (Lipinski definition) is 0. The van der Waals surface area contributed by atoms with E-state index in [1.54, 1.807) is 36.5 Å². The highest BCUT2D eigenvalue weighted by atomic mass is 35.5. The van der Waals surface area contributed by atoms with E-state index in [-0.39, 0.29) is 12.4 Å². The van der Waals surface area contributed by atoms with Crippen molar-refractivity contribution in [2.24, 2.45) is 0 Å². The van der Waals surface area contributed by atoms with Gasteiger partial charge in [-0.25, -0.2) is 4.98 Å². The fourth-order valence-corrected chi connectivity index (χ4v) is 2.43. The molecule has 0 bridgehead atoms. The summed E-state index contributed by atoms with van der Waals surface area (Å²) in [7, 11) is 0. The van der Waals surface area contributed by atoms with Crippen LogP contribution in [-0.2, 0) is 6.61 Å². The van der Waals surface area contributed by atoms with Crippen LogP contribution in [0.25, 0.3) is 11.3 Å². The van der Waals surface area contributed by atoms with Gasteiger partial charge < -0.3 is 9.15 Å². The van der Waals surface area contributed by atoms with Gasteiger partial charge in [0.1, 0.15) is 5.75 Å². The van der Waals surface area contributed by atoms with Gasteiger partial charge in [0.15, 0.2) is 18.2 Å². The molecule has 1 aromatic heterocycles. The van der Waals surface area contributed by atoms with Gasteiger partial charge in [0.25, 0.3) is 0 Å². The van der Waals surface area contributed by atoms with Gasteiger partial charge in [-0.15, -0.1) is 0 Å². The summed E-state index contributed by atoms with van der Waals surface area (Å²) in [4.78, 5) is 15.8. The summed E-state index contributed by atoms with van der Waals surface area (Å²) in [5.74, 6) is 1.88. The van der Waals surface area contributed by atoms with E-state index in [1.807, 2.05) is 25.1 Å². The summed E-state index contributed by atoms with van der Waals surface area (Å²) in [6.45, 7) is 2.05. The molecule has 1 heterocycles. The maximum atomic E-state index is 11.6. The van der Waals surface area contributed by atoms with E-state index >= 15 is 0 Å². The quantitative estimate of drug-likeness (QED) is 0.580. The predicted octanol–water partition coefficient (Wildman–Crippen LogP) is 5.17. The third kappa shape index (κ3) is 3.84. The molecule has 0 saturated carbocycles. The second-order valence-corrected chi connectivity index (χ2v) is 5.65. The third-order valence-corrected chi connectivity index (χ3v) is 3.76. The van der Waals surface area contributed by atoms with E-state index in [4.69, 9.17) is 20.8 Å². The maximum absolute atomic E-state index is 11.6. The van der Waals surface area contributed by atoms with Crippen LogP contribution in [0.3, 0.4) is 0 Å². The van der Waals surface area contributed by atoms with Crippen molar-refractivity contribution in [1.82, 2.24) is 4.98 Å². The second-order valence-electron chi connectivity index (χ2n) is 5.22. The number of carbonyl (C=O) groups is 1. The average molecular weight is 342 g/mol. The normalized spacial score (nSPS) is 10.6. The zero-order chi connectivity index (χ0) is 16.9. The van der Waals surface area contributed by atoms with Gasteiger partial charge in [0.05, 0.1) is 6.20 Å². The Kier molecular flexibility index (Phi) is 4.96. The van der Waals surface area contributed by atoms with Crippen molar-refractivity contribution in [2.45, 2.75) is 20.0 Å². The molecular formula is C19H16ClNO3. The number of halogens is 1. The highest BCUT2D eigenvalue weighted by Gasteiger charge is 2.08. The number of hydrogen-bond acceptors (Lipinski definition) is 4.